The van der Waals surface area contributed by atoms with E-state index in [1.165, 1.54) is 23.8 Å². The van der Waals surface area contributed by atoms with Crippen LogP contribution in [0.25, 0.3) is 0 Å². The molecule has 0 saturated heterocycles. The molecule has 2 rings (SSSR count). The van der Waals surface area contributed by atoms with E-state index in [0.717, 1.165) is 13.1 Å². The first kappa shape index (κ1) is 16.2. The van der Waals surface area contributed by atoms with E-state index >= 15 is 0 Å². The Morgan fingerprint density at radius 2 is 1.91 bits per heavy atom. The molecule has 0 heterocycles. The van der Waals surface area contributed by atoms with Gasteiger partial charge in [-0.3, -0.25) is 9.69 Å². The Bertz CT molecular complexity index is 628. The third-order valence-corrected chi connectivity index (χ3v) is 3.67. The van der Waals surface area contributed by atoms with Gasteiger partial charge < -0.3 is 5.73 Å². The van der Waals surface area contributed by atoms with Crippen molar-refractivity contribution in [1.82, 2.24) is 4.90 Å². The van der Waals surface area contributed by atoms with Crippen molar-refractivity contribution in [3.05, 3.63) is 65.5 Å². The summed E-state index contributed by atoms with van der Waals surface area (Å²) in [6.07, 6.45) is 0.395. The molecule has 2 aromatic rings. The van der Waals surface area contributed by atoms with Gasteiger partial charge >= 0.3 is 0 Å². The molecule has 0 aromatic heterocycles. The van der Waals surface area contributed by atoms with E-state index in [2.05, 4.69) is 24.0 Å². The first-order chi connectivity index (χ1) is 10.6. The smallest absolute Gasteiger partial charge is 0.164 e. The quantitative estimate of drug-likeness (QED) is 0.629. The Kier molecular flexibility index (Phi) is 5.67. The highest BCUT2D eigenvalue weighted by Crippen LogP contribution is 2.14. The van der Waals surface area contributed by atoms with Gasteiger partial charge in [0.05, 0.1) is 5.69 Å². The highest BCUT2D eigenvalue weighted by molar-refractivity contribution is 5.96. The SMILES string of the molecule is CCN(CCC(=O)c1ccc(F)c(N)c1)Cc1ccccc1. The van der Waals surface area contributed by atoms with Gasteiger partial charge in [0, 0.05) is 25.1 Å². The fourth-order valence-electron chi connectivity index (χ4n) is 2.31. The average molecular weight is 300 g/mol. The van der Waals surface area contributed by atoms with Crippen molar-refractivity contribution in [2.75, 3.05) is 18.8 Å². The summed E-state index contributed by atoms with van der Waals surface area (Å²) in [7, 11) is 0. The number of nitrogen functional groups attached to an aromatic ring is 1. The van der Waals surface area contributed by atoms with Crippen molar-refractivity contribution < 1.29 is 9.18 Å². The Morgan fingerprint density at radius 1 is 1.18 bits per heavy atom. The molecule has 4 heteroatoms. The van der Waals surface area contributed by atoms with Crippen molar-refractivity contribution in [3.63, 3.8) is 0 Å². The number of rotatable bonds is 7. The molecule has 2 aromatic carbocycles. The molecule has 0 saturated carbocycles. The van der Waals surface area contributed by atoms with E-state index < -0.39 is 5.82 Å². The predicted octanol–water partition coefficient (Wildman–Crippen LogP) is 3.50. The van der Waals surface area contributed by atoms with Crippen molar-refractivity contribution in [2.24, 2.45) is 0 Å². The third-order valence-electron chi connectivity index (χ3n) is 3.67. The third kappa shape index (κ3) is 4.40. The first-order valence-electron chi connectivity index (χ1n) is 7.44. The average Bonchev–Trinajstić information content (AvgIpc) is 2.54. The maximum absolute atomic E-state index is 13.1. The van der Waals surface area contributed by atoms with E-state index in [9.17, 15) is 9.18 Å². The normalized spacial score (nSPS) is 10.9. The van der Waals surface area contributed by atoms with E-state index in [4.69, 9.17) is 5.73 Å². The molecule has 0 aliphatic carbocycles. The van der Waals surface area contributed by atoms with Crippen LogP contribution >= 0.6 is 0 Å². The largest absolute Gasteiger partial charge is 0.396 e. The van der Waals surface area contributed by atoms with Gasteiger partial charge in [-0.15, -0.1) is 0 Å². The Morgan fingerprint density at radius 3 is 2.55 bits per heavy atom. The minimum atomic E-state index is -0.490. The second-order valence-corrected chi connectivity index (χ2v) is 5.26. The van der Waals surface area contributed by atoms with E-state index in [1.807, 2.05) is 18.2 Å². The van der Waals surface area contributed by atoms with Crippen LogP contribution in [-0.4, -0.2) is 23.8 Å². The molecule has 0 bridgehead atoms. The van der Waals surface area contributed by atoms with Gasteiger partial charge in [-0.1, -0.05) is 37.3 Å². The summed E-state index contributed by atoms with van der Waals surface area (Å²) < 4.78 is 13.1. The summed E-state index contributed by atoms with van der Waals surface area (Å²) in [6, 6.07) is 14.3. The molecule has 2 N–H and O–H groups in total. The standard InChI is InChI=1S/C18H21FN2O/c1-2-21(13-14-6-4-3-5-7-14)11-10-18(22)15-8-9-16(19)17(20)12-15/h3-9,12H,2,10-11,13,20H2,1H3. The van der Waals surface area contributed by atoms with Crippen LogP contribution in [0.1, 0.15) is 29.3 Å². The molecule has 0 unspecified atom stereocenters. The van der Waals surface area contributed by atoms with Crippen molar-refractivity contribution >= 4 is 11.5 Å². The first-order valence-corrected chi connectivity index (χ1v) is 7.44. The summed E-state index contributed by atoms with van der Waals surface area (Å²) in [5, 5.41) is 0. The molecule has 3 nitrogen and oxygen atoms in total. The molecular weight excluding hydrogens is 279 g/mol. The van der Waals surface area contributed by atoms with Crippen LogP contribution in [0.4, 0.5) is 10.1 Å². The van der Waals surface area contributed by atoms with Crippen molar-refractivity contribution in [1.29, 1.82) is 0 Å². The number of hydrogen-bond donors (Lipinski definition) is 1. The number of nitrogens with two attached hydrogens (primary N) is 1. The molecule has 0 atom stereocenters. The summed E-state index contributed by atoms with van der Waals surface area (Å²) in [6.45, 7) is 4.43. The fraction of sp³-hybridized carbons (Fsp3) is 0.278. The number of carbonyl (C=O) groups excluding carboxylic acids is 1. The van der Waals surface area contributed by atoms with Gasteiger partial charge in [-0.05, 0) is 30.3 Å². The summed E-state index contributed by atoms with van der Waals surface area (Å²) in [5.41, 5.74) is 7.21. The minimum absolute atomic E-state index is 0.0155. The lowest BCUT2D eigenvalue weighted by molar-refractivity contribution is 0.0963. The van der Waals surface area contributed by atoms with Gasteiger partial charge in [0.25, 0.3) is 0 Å². The second kappa shape index (κ2) is 7.71. The molecular formula is C18H21FN2O. The fourth-order valence-corrected chi connectivity index (χ4v) is 2.31. The van der Waals surface area contributed by atoms with Gasteiger partial charge in [0.15, 0.2) is 5.78 Å². The number of carbonyl (C=O) groups is 1. The zero-order chi connectivity index (χ0) is 15.9. The van der Waals surface area contributed by atoms with E-state index in [1.54, 1.807) is 0 Å². The number of Topliss-reactive ketones (excluding diaryl/α,β-unsaturated/α-hetero) is 1. The number of halogens is 1. The van der Waals surface area contributed by atoms with Crippen LogP contribution in [0.5, 0.6) is 0 Å². The van der Waals surface area contributed by atoms with E-state index in [-0.39, 0.29) is 11.5 Å². The van der Waals surface area contributed by atoms with Crippen LogP contribution in [0, 0.1) is 5.82 Å². The molecule has 0 aliphatic heterocycles. The lowest BCUT2D eigenvalue weighted by atomic mass is 10.1. The molecule has 116 valence electrons. The zero-order valence-electron chi connectivity index (χ0n) is 12.8. The monoisotopic (exact) mass is 300 g/mol. The van der Waals surface area contributed by atoms with Crippen molar-refractivity contribution in [2.45, 2.75) is 19.9 Å². The van der Waals surface area contributed by atoms with Gasteiger partial charge in [0.2, 0.25) is 0 Å². The zero-order valence-corrected chi connectivity index (χ0v) is 12.8. The molecule has 0 aliphatic rings. The van der Waals surface area contributed by atoms with Gasteiger partial charge in [0.1, 0.15) is 5.82 Å². The highest BCUT2D eigenvalue weighted by Gasteiger charge is 2.11. The number of anilines is 1. The van der Waals surface area contributed by atoms with Crippen LogP contribution < -0.4 is 5.73 Å². The maximum Gasteiger partial charge on any atom is 0.164 e. The van der Waals surface area contributed by atoms with Gasteiger partial charge in [-0.25, -0.2) is 4.39 Å². The van der Waals surface area contributed by atoms with Crippen LogP contribution in [0.2, 0.25) is 0 Å². The summed E-state index contributed by atoms with van der Waals surface area (Å²) >= 11 is 0. The number of hydrogen-bond acceptors (Lipinski definition) is 3. The van der Waals surface area contributed by atoms with Crippen LogP contribution in [-0.2, 0) is 6.54 Å². The van der Waals surface area contributed by atoms with Crippen molar-refractivity contribution in [3.8, 4) is 0 Å². The van der Waals surface area contributed by atoms with Gasteiger partial charge in [-0.2, -0.15) is 0 Å². The minimum Gasteiger partial charge on any atom is -0.396 e. The van der Waals surface area contributed by atoms with E-state index in [0.29, 0.717) is 18.5 Å². The number of nitrogens with zero attached hydrogens (tertiary/aromatic N) is 1. The Balaban J connectivity index is 1.92. The molecule has 0 amide bonds. The molecule has 22 heavy (non-hydrogen) atoms. The maximum atomic E-state index is 13.1. The predicted molar refractivity (Wildman–Crippen MR) is 87.2 cm³/mol. The Labute approximate surface area is 130 Å². The molecule has 0 radical (unpaired) electrons. The summed E-state index contributed by atoms with van der Waals surface area (Å²) in [4.78, 5) is 14.4. The van der Waals surface area contributed by atoms with Crippen LogP contribution in [0.3, 0.4) is 0 Å². The lowest BCUT2D eigenvalue weighted by Crippen LogP contribution is -2.25. The molecule has 0 spiro atoms. The number of ketones is 1. The lowest BCUT2D eigenvalue weighted by Gasteiger charge is -2.20. The topological polar surface area (TPSA) is 46.3 Å². The summed E-state index contributed by atoms with van der Waals surface area (Å²) in [5.74, 6) is -0.506. The second-order valence-electron chi connectivity index (χ2n) is 5.26. The molecule has 0 fully saturated rings. The Hall–Kier alpha value is -2.20. The number of benzene rings is 2. The highest BCUT2D eigenvalue weighted by atomic mass is 19.1. The van der Waals surface area contributed by atoms with Crippen LogP contribution in [0.15, 0.2) is 48.5 Å².